The topological polar surface area (TPSA) is 50.7 Å². The Morgan fingerprint density at radius 2 is 2.05 bits per heavy atom. The minimum absolute atomic E-state index is 0.150. The summed E-state index contributed by atoms with van der Waals surface area (Å²) in [6.45, 7) is 5.11. The van der Waals surface area contributed by atoms with E-state index in [1.165, 1.54) is 0 Å². The number of hydrogen-bond acceptors (Lipinski definition) is 4. The molecule has 0 aliphatic carbocycles. The molecule has 0 aliphatic rings. The molecule has 0 radical (unpaired) electrons. The molecule has 0 spiro atoms. The molecule has 0 amide bonds. The zero-order chi connectivity index (χ0) is 15.2. The first-order valence-electron chi connectivity index (χ1n) is 6.34. The lowest BCUT2D eigenvalue weighted by molar-refractivity contribution is 0.0814. The Balaban J connectivity index is 2.38. The minimum atomic E-state index is -0.641. The number of benzene rings is 1. The highest BCUT2D eigenvalue weighted by Crippen LogP contribution is 2.27. The summed E-state index contributed by atoms with van der Waals surface area (Å²) in [7, 11) is 1.64. The van der Waals surface area contributed by atoms with E-state index < -0.39 is 6.10 Å². The lowest BCUT2D eigenvalue weighted by Gasteiger charge is -2.26. The molecular weight excluding hydrogens is 301 g/mol. The predicted octanol–water partition coefficient (Wildman–Crippen LogP) is 2.75. The zero-order valence-corrected chi connectivity index (χ0v) is 13.5. The molecule has 4 nitrogen and oxygen atoms in total. The SMILES string of the molecule is COCC(C)(C)NCC(O)COc1ccc(Cl)cc1Cl. The van der Waals surface area contributed by atoms with Crippen LogP contribution < -0.4 is 10.1 Å². The zero-order valence-electron chi connectivity index (χ0n) is 12.0. The molecule has 0 saturated heterocycles. The van der Waals surface area contributed by atoms with E-state index in [0.717, 1.165) is 0 Å². The molecule has 20 heavy (non-hydrogen) atoms. The number of ether oxygens (including phenoxy) is 2. The number of aliphatic hydroxyl groups excluding tert-OH is 1. The van der Waals surface area contributed by atoms with E-state index in [1.54, 1.807) is 25.3 Å². The van der Waals surface area contributed by atoms with Crippen molar-refractivity contribution in [3.63, 3.8) is 0 Å². The average Bonchev–Trinajstić information content (AvgIpc) is 2.35. The first kappa shape index (κ1) is 17.5. The van der Waals surface area contributed by atoms with Crippen LogP contribution in [0.25, 0.3) is 0 Å². The third kappa shape index (κ3) is 6.29. The molecule has 1 aromatic rings. The van der Waals surface area contributed by atoms with Crippen LogP contribution in [0.1, 0.15) is 13.8 Å². The molecule has 0 aliphatic heterocycles. The first-order valence-corrected chi connectivity index (χ1v) is 7.09. The van der Waals surface area contributed by atoms with Gasteiger partial charge in [-0.05, 0) is 32.0 Å². The Bertz CT molecular complexity index is 427. The Kier molecular flexibility index (Phi) is 7.06. The van der Waals surface area contributed by atoms with E-state index in [2.05, 4.69) is 5.32 Å². The number of aliphatic hydroxyl groups is 1. The highest BCUT2D eigenvalue weighted by atomic mass is 35.5. The maximum absolute atomic E-state index is 9.89. The van der Waals surface area contributed by atoms with Gasteiger partial charge in [0.15, 0.2) is 0 Å². The number of β-amino-alcohol motifs (C(OH)–C–C–N with tert-alkyl or cyclic N) is 1. The molecule has 0 saturated carbocycles. The van der Waals surface area contributed by atoms with Crippen LogP contribution in [0, 0.1) is 0 Å². The molecule has 114 valence electrons. The monoisotopic (exact) mass is 321 g/mol. The second-order valence-corrected chi connectivity index (χ2v) is 6.08. The van der Waals surface area contributed by atoms with Gasteiger partial charge in [-0.25, -0.2) is 0 Å². The largest absolute Gasteiger partial charge is 0.489 e. The van der Waals surface area contributed by atoms with E-state index in [4.69, 9.17) is 32.7 Å². The molecule has 2 N–H and O–H groups in total. The van der Waals surface area contributed by atoms with Crippen LogP contribution in [0.5, 0.6) is 5.75 Å². The fraction of sp³-hybridized carbons (Fsp3) is 0.571. The summed E-state index contributed by atoms with van der Waals surface area (Å²) < 4.78 is 10.6. The van der Waals surface area contributed by atoms with Gasteiger partial charge in [0.05, 0.1) is 11.6 Å². The lowest BCUT2D eigenvalue weighted by atomic mass is 10.1. The molecule has 1 unspecified atom stereocenters. The fourth-order valence-electron chi connectivity index (χ4n) is 1.64. The minimum Gasteiger partial charge on any atom is -0.489 e. The van der Waals surface area contributed by atoms with Crippen molar-refractivity contribution in [1.82, 2.24) is 5.32 Å². The van der Waals surface area contributed by atoms with Crippen molar-refractivity contribution in [3.05, 3.63) is 28.2 Å². The molecule has 6 heteroatoms. The third-order valence-corrected chi connectivity index (χ3v) is 3.18. The lowest BCUT2D eigenvalue weighted by Crippen LogP contribution is -2.47. The molecule has 1 rings (SSSR count). The van der Waals surface area contributed by atoms with Gasteiger partial charge >= 0.3 is 0 Å². The standard InChI is InChI=1S/C14H21Cl2NO3/c1-14(2,9-19-3)17-7-11(18)8-20-13-5-4-10(15)6-12(13)16/h4-6,11,17-18H,7-9H2,1-3H3. The van der Waals surface area contributed by atoms with E-state index in [-0.39, 0.29) is 12.1 Å². The quantitative estimate of drug-likeness (QED) is 0.773. The molecule has 0 aromatic heterocycles. The molecule has 0 heterocycles. The van der Waals surface area contributed by atoms with Gasteiger partial charge in [-0.1, -0.05) is 23.2 Å². The summed E-state index contributed by atoms with van der Waals surface area (Å²) >= 11 is 11.8. The van der Waals surface area contributed by atoms with Crippen molar-refractivity contribution >= 4 is 23.2 Å². The summed E-state index contributed by atoms with van der Waals surface area (Å²) in [5, 5.41) is 14.1. The maximum Gasteiger partial charge on any atom is 0.138 e. The van der Waals surface area contributed by atoms with Gasteiger partial charge in [-0.2, -0.15) is 0 Å². The van der Waals surface area contributed by atoms with Gasteiger partial charge in [0.1, 0.15) is 18.5 Å². The van der Waals surface area contributed by atoms with Gasteiger partial charge in [-0.15, -0.1) is 0 Å². The summed E-state index contributed by atoms with van der Waals surface area (Å²) in [6.07, 6.45) is -0.641. The second kappa shape index (κ2) is 8.05. The van der Waals surface area contributed by atoms with Crippen molar-refractivity contribution in [1.29, 1.82) is 0 Å². The van der Waals surface area contributed by atoms with Crippen molar-refractivity contribution in [2.24, 2.45) is 0 Å². The maximum atomic E-state index is 9.89. The van der Waals surface area contributed by atoms with Crippen molar-refractivity contribution < 1.29 is 14.6 Å². The highest BCUT2D eigenvalue weighted by molar-refractivity contribution is 6.35. The Morgan fingerprint density at radius 1 is 1.35 bits per heavy atom. The summed E-state index contributed by atoms with van der Waals surface area (Å²) in [4.78, 5) is 0. The smallest absolute Gasteiger partial charge is 0.138 e. The van der Waals surface area contributed by atoms with Crippen LogP contribution in [0.3, 0.4) is 0 Å². The second-order valence-electron chi connectivity index (χ2n) is 5.24. The van der Waals surface area contributed by atoms with Crippen molar-refractivity contribution in [2.45, 2.75) is 25.5 Å². The summed E-state index contributed by atoms with van der Waals surface area (Å²) in [5.74, 6) is 0.506. The summed E-state index contributed by atoms with van der Waals surface area (Å²) in [5.41, 5.74) is -0.201. The predicted molar refractivity (Wildman–Crippen MR) is 81.9 cm³/mol. The van der Waals surface area contributed by atoms with Crippen LogP contribution in [0.15, 0.2) is 18.2 Å². The van der Waals surface area contributed by atoms with Crippen molar-refractivity contribution in [3.8, 4) is 5.75 Å². The Morgan fingerprint density at radius 3 is 2.65 bits per heavy atom. The van der Waals surface area contributed by atoms with Gasteiger partial charge in [0.2, 0.25) is 0 Å². The number of hydrogen-bond donors (Lipinski definition) is 2. The third-order valence-electron chi connectivity index (χ3n) is 2.65. The van der Waals surface area contributed by atoms with Crippen LogP contribution in [-0.2, 0) is 4.74 Å². The Labute approximate surface area is 130 Å². The number of nitrogens with one attached hydrogen (secondary N) is 1. The van der Waals surface area contributed by atoms with E-state index in [1.807, 2.05) is 13.8 Å². The molecule has 0 fully saturated rings. The van der Waals surface area contributed by atoms with E-state index >= 15 is 0 Å². The molecule has 1 aromatic carbocycles. The molecule has 1 atom stereocenters. The van der Waals surface area contributed by atoms with Gasteiger partial charge < -0.3 is 19.9 Å². The van der Waals surface area contributed by atoms with Crippen LogP contribution >= 0.6 is 23.2 Å². The number of halogens is 2. The van der Waals surface area contributed by atoms with Crippen molar-refractivity contribution in [2.75, 3.05) is 26.9 Å². The number of methoxy groups -OCH3 is 1. The molecular formula is C14H21Cl2NO3. The Hall–Kier alpha value is -0.520. The average molecular weight is 322 g/mol. The normalized spacial score (nSPS) is 13.3. The first-order chi connectivity index (χ1) is 9.34. The van der Waals surface area contributed by atoms with Crippen LogP contribution in [0.4, 0.5) is 0 Å². The summed E-state index contributed by atoms with van der Waals surface area (Å²) in [6, 6.07) is 4.97. The van der Waals surface area contributed by atoms with E-state index in [0.29, 0.717) is 28.9 Å². The van der Waals surface area contributed by atoms with Gasteiger partial charge in [-0.3, -0.25) is 0 Å². The van der Waals surface area contributed by atoms with E-state index in [9.17, 15) is 5.11 Å². The highest BCUT2D eigenvalue weighted by Gasteiger charge is 2.18. The van der Waals surface area contributed by atoms with Crippen LogP contribution in [0.2, 0.25) is 10.0 Å². The molecule has 0 bridgehead atoms. The van der Waals surface area contributed by atoms with Gasteiger partial charge in [0, 0.05) is 24.2 Å². The number of rotatable bonds is 8. The van der Waals surface area contributed by atoms with Crippen LogP contribution in [-0.4, -0.2) is 43.6 Å². The fourth-order valence-corrected chi connectivity index (χ4v) is 2.11. The van der Waals surface area contributed by atoms with Gasteiger partial charge in [0.25, 0.3) is 0 Å².